The van der Waals surface area contributed by atoms with Crippen LogP contribution in [0.2, 0.25) is 0 Å². The van der Waals surface area contributed by atoms with E-state index in [-0.39, 0.29) is 5.91 Å². The maximum Gasteiger partial charge on any atom is 0.233 e. The quantitative estimate of drug-likeness (QED) is 0.857. The Bertz CT molecular complexity index is 665. The number of para-hydroxylation sites is 1. The van der Waals surface area contributed by atoms with Crippen molar-refractivity contribution in [2.75, 3.05) is 31.7 Å². The Kier molecular flexibility index (Phi) is 3.87. The Labute approximate surface area is 136 Å². The zero-order valence-electron chi connectivity index (χ0n) is 13.5. The second kappa shape index (κ2) is 5.84. The minimum Gasteiger partial charge on any atom is -0.342 e. The molecular formula is C17H21N5O. The van der Waals surface area contributed by atoms with Gasteiger partial charge in [0, 0.05) is 32.0 Å². The minimum atomic E-state index is -0.516. The lowest BCUT2D eigenvalue weighted by molar-refractivity contribution is -0.129. The van der Waals surface area contributed by atoms with E-state index in [1.165, 1.54) is 0 Å². The van der Waals surface area contributed by atoms with Crippen LogP contribution in [0.3, 0.4) is 0 Å². The SMILES string of the molecule is CN1CN(c2ccccc2)C=C1NC(=O)C1(C)CCN(C#N)C1. The molecule has 120 valence electrons. The second-order valence-corrected chi connectivity index (χ2v) is 6.45. The Morgan fingerprint density at radius 2 is 2.09 bits per heavy atom. The summed E-state index contributed by atoms with van der Waals surface area (Å²) in [5.74, 6) is 0.763. The first-order valence-corrected chi connectivity index (χ1v) is 7.73. The van der Waals surface area contributed by atoms with Gasteiger partial charge in [-0.05, 0) is 25.5 Å². The molecule has 1 aromatic carbocycles. The Balaban J connectivity index is 1.70. The highest BCUT2D eigenvalue weighted by molar-refractivity contribution is 5.84. The van der Waals surface area contributed by atoms with Crippen molar-refractivity contribution in [2.24, 2.45) is 5.41 Å². The van der Waals surface area contributed by atoms with Gasteiger partial charge in [0.05, 0.1) is 12.1 Å². The number of benzene rings is 1. The molecule has 0 saturated carbocycles. The van der Waals surface area contributed by atoms with Gasteiger partial charge in [0.2, 0.25) is 5.91 Å². The highest BCUT2D eigenvalue weighted by Gasteiger charge is 2.41. The van der Waals surface area contributed by atoms with Gasteiger partial charge in [0.1, 0.15) is 5.82 Å². The zero-order valence-corrected chi connectivity index (χ0v) is 13.5. The smallest absolute Gasteiger partial charge is 0.233 e. The third kappa shape index (κ3) is 2.95. The van der Waals surface area contributed by atoms with Gasteiger partial charge in [-0.15, -0.1) is 0 Å². The van der Waals surface area contributed by atoms with E-state index in [0.717, 1.165) is 11.5 Å². The summed E-state index contributed by atoms with van der Waals surface area (Å²) in [6, 6.07) is 10.1. The van der Waals surface area contributed by atoms with Crippen molar-refractivity contribution in [3.8, 4) is 6.19 Å². The Hall–Kier alpha value is -2.68. The number of hydrogen-bond donors (Lipinski definition) is 1. The molecule has 0 aliphatic carbocycles. The summed E-state index contributed by atoms with van der Waals surface area (Å²) in [6.45, 7) is 3.74. The van der Waals surface area contributed by atoms with Gasteiger partial charge in [0.15, 0.2) is 6.19 Å². The standard InChI is InChI=1S/C17H21N5O/c1-17(8-9-21(11-17)12-18)16(23)19-15-10-22(13-20(15)2)14-6-4-3-5-7-14/h3-7,10H,8-9,11,13H2,1-2H3,(H,19,23). The third-order valence-corrected chi connectivity index (χ3v) is 4.55. The van der Waals surface area contributed by atoms with Crippen LogP contribution >= 0.6 is 0 Å². The molecule has 2 aliphatic rings. The van der Waals surface area contributed by atoms with Crippen LogP contribution in [0.1, 0.15) is 13.3 Å². The van der Waals surface area contributed by atoms with Crippen molar-refractivity contribution in [2.45, 2.75) is 13.3 Å². The van der Waals surface area contributed by atoms with Crippen LogP contribution in [0.15, 0.2) is 42.4 Å². The molecule has 1 aromatic rings. The number of nitriles is 1. The molecule has 6 heteroatoms. The van der Waals surface area contributed by atoms with Gasteiger partial charge in [-0.3, -0.25) is 4.79 Å². The number of anilines is 1. The first-order valence-electron chi connectivity index (χ1n) is 7.73. The average molecular weight is 311 g/mol. The van der Waals surface area contributed by atoms with Crippen LogP contribution < -0.4 is 10.2 Å². The van der Waals surface area contributed by atoms with Crippen molar-refractivity contribution in [3.63, 3.8) is 0 Å². The lowest BCUT2D eigenvalue weighted by Crippen LogP contribution is -2.42. The first kappa shape index (κ1) is 15.2. The summed E-state index contributed by atoms with van der Waals surface area (Å²) in [6.07, 6.45) is 4.78. The first-order chi connectivity index (χ1) is 11.0. The molecule has 0 radical (unpaired) electrons. The normalized spacial score (nSPS) is 23.7. The van der Waals surface area contributed by atoms with Gasteiger partial charge >= 0.3 is 0 Å². The van der Waals surface area contributed by atoms with E-state index >= 15 is 0 Å². The molecule has 1 unspecified atom stereocenters. The minimum absolute atomic E-state index is 0.0248. The van der Waals surface area contributed by atoms with Crippen molar-refractivity contribution < 1.29 is 4.79 Å². The molecule has 0 bridgehead atoms. The number of amides is 1. The molecule has 3 rings (SSSR count). The van der Waals surface area contributed by atoms with Crippen LogP contribution in [-0.4, -0.2) is 42.5 Å². The zero-order chi connectivity index (χ0) is 16.4. The molecule has 6 nitrogen and oxygen atoms in total. The monoisotopic (exact) mass is 311 g/mol. The number of carbonyl (C=O) groups is 1. The fourth-order valence-electron chi connectivity index (χ4n) is 2.99. The van der Waals surface area contributed by atoms with Gasteiger partial charge < -0.3 is 20.0 Å². The molecule has 0 spiro atoms. The molecule has 1 N–H and O–H groups in total. The van der Waals surface area contributed by atoms with E-state index in [1.54, 1.807) is 4.90 Å². The van der Waals surface area contributed by atoms with Gasteiger partial charge in [-0.1, -0.05) is 18.2 Å². The molecule has 1 saturated heterocycles. The molecular weight excluding hydrogens is 290 g/mol. The van der Waals surface area contributed by atoms with Crippen molar-refractivity contribution in [1.29, 1.82) is 5.26 Å². The maximum absolute atomic E-state index is 12.6. The summed E-state index contributed by atoms with van der Waals surface area (Å²) < 4.78 is 0. The molecule has 1 amide bonds. The fraction of sp³-hybridized carbons (Fsp3) is 0.412. The Morgan fingerprint density at radius 1 is 1.35 bits per heavy atom. The molecule has 23 heavy (non-hydrogen) atoms. The van der Waals surface area contributed by atoms with Crippen molar-refractivity contribution >= 4 is 11.6 Å². The fourth-order valence-corrected chi connectivity index (χ4v) is 2.99. The summed E-state index contributed by atoms with van der Waals surface area (Å²) in [5, 5.41) is 12.0. The van der Waals surface area contributed by atoms with Gasteiger partial charge in [0.25, 0.3) is 0 Å². The van der Waals surface area contributed by atoms with Crippen LogP contribution in [0, 0.1) is 16.9 Å². The van der Waals surface area contributed by atoms with E-state index in [0.29, 0.717) is 26.2 Å². The Morgan fingerprint density at radius 3 is 2.74 bits per heavy atom. The van der Waals surface area contributed by atoms with Crippen LogP contribution in [0.5, 0.6) is 0 Å². The number of nitrogens with zero attached hydrogens (tertiary/aromatic N) is 4. The van der Waals surface area contributed by atoms with Crippen LogP contribution in [0.4, 0.5) is 5.69 Å². The molecule has 0 aromatic heterocycles. The summed E-state index contributed by atoms with van der Waals surface area (Å²) >= 11 is 0. The van der Waals surface area contributed by atoms with E-state index in [1.807, 2.05) is 55.4 Å². The average Bonchev–Trinajstić information content (AvgIpc) is 3.13. The highest BCUT2D eigenvalue weighted by atomic mass is 16.2. The molecule has 1 atom stereocenters. The number of hydrogen-bond acceptors (Lipinski definition) is 5. The van der Waals surface area contributed by atoms with Crippen molar-refractivity contribution in [1.82, 2.24) is 15.1 Å². The number of nitrogens with one attached hydrogen (secondary N) is 1. The van der Waals surface area contributed by atoms with E-state index < -0.39 is 5.41 Å². The van der Waals surface area contributed by atoms with E-state index in [4.69, 9.17) is 5.26 Å². The summed E-state index contributed by atoms with van der Waals surface area (Å²) in [7, 11) is 1.95. The van der Waals surface area contributed by atoms with Crippen LogP contribution in [-0.2, 0) is 4.79 Å². The summed E-state index contributed by atoms with van der Waals surface area (Å²) in [4.78, 5) is 18.4. The van der Waals surface area contributed by atoms with E-state index in [9.17, 15) is 4.79 Å². The predicted octanol–water partition coefficient (Wildman–Crippen LogP) is 1.50. The molecule has 2 heterocycles. The maximum atomic E-state index is 12.6. The lowest BCUT2D eigenvalue weighted by atomic mass is 9.89. The topological polar surface area (TPSA) is 62.6 Å². The molecule has 1 fully saturated rings. The summed E-state index contributed by atoms with van der Waals surface area (Å²) in [5.41, 5.74) is 0.573. The second-order valence-electron chi connectivity index (χ2n) is 6.45. The third-order valence-electron chi connectivity index (χ3n) is 4.55. The van der Waals surface area contributed by atoms with Gasteiger partial charge in [-0.2, -0.15) is 5.26 Å². The number of rotatable bonds is 3. The largest absolute Gasteiger partial charge is 0.342 e. The van der Waals surface area contributed by atoms with Gasteiger partial charge in [-0.25, -0.2) is 0 Å². The number of carbonyl (C=O) groups excluding carboxylic acids is 1. The van der Waals surface area contributed by atoms with E-state index in [2.05, 4.69) is 16.4 Å². The number of likely N-dealkylation sites (tertiary alicyclic amines) is 1. The molecule has 2 aliphatic heterocycles. The van der Waals surface area contributed by atoms with Crippen molar-refractivity contribution in [3.05, 3.63) is 42.4 Å². The predicted molar refractivity (Wildman–Crippen MR) is 87.7 cm³/mol. The lowest BCUT2D eigenvalue weighted by Gasteiger charge is -2.24. The highest BCUT2D eigenvalue weighted by Crippen LogP contribution is 2.30. The van der Waals surface area contributed by atoms with Crippen LogP contribution in [0.25, 0.3) is 0 Å².